The van der Waals surface area contributed by atoms with Gasteiger partial charge in [0.05, 0.1) is 11.8 Å². The van der Waals surface area contributed by atoms with E-state index >= 15 is 0 Å². The van der Waals surface area contributed by atoms with E-state index in [4.69, 9.17) is 0 Å². The molecule has 0 aliphatic rings. The molecule has 1 aromatic heterocycles. The second kappa shape index (κ2) is 6.99. The van der Waals surface area contributed by atoms with E-state index in [1.807, 2.05) is 32.0 Å². The van der Waals surface area contributed by atoms with Crippen molar-refractivity contribution in [1.29, 1.82) is 0 Å². The molecule has 0 fully saturated rings. The molecule has 0 aliphatic heterocycles. The first-order valence-corrected chi connectivity index (χ1v) is 7.80. The summed E-state index contributed by atoms with van der Waals surface area (Å²) < 4.78 is 37.8. The van der Waals surface area contributed by atoms with Crippen LogP contribution < -0.4 is 10.6 Å². The van der Waals surface area contributed by atoms with E-state index in [1.54, 1.807) is 0 Å². The maximum absolute atomic E-state index is 12.6. The highest BCUT2D eigenvalue weighted by Crippen LogP contribution is 2.30. The monoisotopic (exact) mass is 359 g/mol. The molecule has 3 aromatic rings. The highest BCUT2D eigenvalue weighted by Gasteiger charge is 2.29. The molecule has 0 radical (unpaired) electrons. The molecule has 1 heterocycles. The molecular formula is C18H16F3N5. The predicted molar refractivity (Wildman–Crippen MR) is 93.8 cm³/mol. The van der Waals surface area contributed by atoms with Gasteiger partial charge in [-0.2, -0.15) is 23.3 Å². The fourth-order valence-electron chi connectivity index (χ4n) is 2.43. The van der Waals surface area contributed by atoms with Gasteiger partial charge in [0.1, 0.15) is 0 Å². The normalized spacial score (nSPS) is 11.3. The number of aromatic nitrogens is 3. The van der Waals surface area contributed by atoms with Gasteiger partial charge in [-0.25, -0.2) is 0 Å². The molecule has 0 saturated carbocycles. The van der Waals surface area contributed by atoms with Crippen molar-refractivity contribution in [2.45, 2.75) is 20.0 Å². The van der Waals surface area contributed by atoms with Crippen LogP contribution in [0.2, 0.25) is 0 Å². The molecular weight excluding hydrogens is 343 g/mol. The SMILES string of the molecule is Cc1cccc(C)c1Nc1nncc(Nc2ccc(C(F)(F)F)cc2)n1. The lowest BCUT2D eigenvalue weighted by atomic mass is 10.1. The number of alkyl halides is 3. The molecule has 2 aromatic carbocycles. The van der Waals surface area contributed by atoms with E-state index in [2.05, 4.69) is 25.8 Å². The van der Waals surface area contributed by atoms with Gasteiger partial charge in [0, 0.05) is 11.4 Å². The first-order chi connectivity index (χ1) is 12.3. The van der Waals surface area contributed by atoms with Crippen LogP contribution in [0.5, 0.6) is 0 Å². The van der Waals surface area contributed by atoms with Crippen LogP contribution >= 0.6 is 0 Å². The fourth-order valence-corrected chi connectivity index (χ4v) is 2.43. The second-order valence-electron chi connectivity index (χ2n) is 5.76. The largest absolute Gasteiger partial charge is 0.416 e. The average Bonchev–Trinajstić information content (AvgIpc) is 2.58. The molecule has 0 unspecified atom stereocenters. The summed E-state index contributed by atoms with van der Waals surface area (Å²) in [6.45, 7) is 3.93. The lowest BCUT2D eigenvalue weighted by Gasteiger charge is -2.12. The molecule has 0 spiro atoms. The van der Waals surface area contributed by atoms with E-state index in [1.165, 1.54) is 18.3 Å². The van der Waals surface area contributed by atoms with Crippen LogP contribution in [0, 0.1) is 13.8 Å². The van der Waals surface area contributed by atoms with E-state index < -0.39 is 11.7 Å². The summed E-state index contributed by atoms with van der Waals surface area (Å²) in [7, 11) is 0. The van der Waals surface area contributed by atoms with Crippen molar-refractivity contribution < 1.29 is 13.2 Å². The molecule has 0 atom stereocenters. The van der Waals surface area contributed by atoms with Crippen molar-refractivity contribution in [3.8, 4) is 0 Å². The topological polar surface area (TPSA) is 62.7 Å². The molecule has 0 saturated heterocycles. The quantitative estimate of drug-likeness (QED) is 0.687. The third kappa shape index (κ3) is 4.08. The third-order valence-electron chi connectivity index (χ3n) is 3.76. The van der Waals surface area contributed by atoms with Crippen LogP contribution in [0.25, 0.3) is 0 Å². The molecule has 5 nitrogen and oxygen atoms in total. The van der Waals surface area contributed by atoms with Gasteiger partial charge in [-0.1, -0.05) is 18.2 Å². The summed E-state index contributed by atoms with van der Waals surface area (Å²) in [5.74, 6) is 0.660. The van der Waals surface area contributed by atoms with Crippen LogP contribution in [0.3, 0.4) is 0 Å². The lowest BCUT2D eigenvalue weighted by Crippen LogP contribution is -2.05. The van der Waals surface area contributed by atoms with Crippen molar-refractivity contribution in [1.82, 2.24) is 15.2 Å². The number of para-hydroxylation sites is 1. The predicted octanol–water partition coefficient (Wildman–Crippen LogP) is 4.99. The number of hydrogen-bond acceptors (Lipinski definition) is 5. The summed E-state index contributed by atoms with van der Waals surface area (Å²) in [5, 5.41) is 13.9. The first-order valence-electron chi connectivity index (χ1n) is 7.80. The zero-order chi connectivity index (χ0) is 18.7. The Bertz CT molecular complexity index is 887. The molecule has 8 heteroatoms. The van der Waals surface area contributed by atoms with Crippen molar-refractivity contribution in [3.63, 3.8) is 0 Å². The summed E-state index contributed by atoms with van der Waals surface area (Å²) >= 11 is 0. The molecule has 3 rings (SSSR count). The Kier molecular flexibility index (Phi) is 4.75. The Hall–Kier alpha value is -3.16. The minimum atomic E-state index is -4.36. The van der Waals surface area contributed by atoms with Gasteiger partial charge in [-0.3, -0.25) is 0 Å². The summed E-state index contributed by atoms with van der Waals surface area (Å²) in [5.41, 5.74) is 2.73. The number of hydrogen-bond donors (Lipinski definition) is 2. The highest BCUT2D eigenvalue weighted by molar-refractivity contribution is 5.64. The maximum atomic E-state index is 12.6. The van der Waals surface area contributed by atoms with Gasteiger partial charge in [0.2, 0.25) is 5.95 Å². The van der Waals surface area contributed by atoms with Gasteiger partial charge in [-0.05, 0) is 49.2 Å². The molecule has 0 amide bonds. The zero-order valence-electron chi connectivity index (χ0n) is 14.1. The van der Waals surface area contributed by atoms with Crippen molar-refractivity contribution in [3.05, 3.63) is 65.4 Å². The molecule has 2 N–H and O–H groups in total. The van der Waals surface area contributed by atoms with Gasteiger partial charge >= 0.3 is 6.18 Å². The Balaban J connectivity index is 1.77. The van der Waals surface area contributed by atoms with Crippen LogP contribution in [-0.2, 0) is 6.18 Å². The van der Waals surface area contributed by atoms with Crippen LogP contribution in [0.1, 0.15) is 16.7 Å². The summed E-state index contributed by atoms with van der Waals surface area (Å²) in [4.78, 5) is 4.30. The molecule has 0 bridgehead atoms. The highest BCUT2D eigenvalue weighted by atomic mass is 19.4. The van der Waals surface area contributed by atoms with Gasteiger partial charge in [-0.15, -0.1) is 5.10 Å². The van der Waals surface area contributed by atoms with Gasteiger partial charge in [0.25, 0.3) is 0 Å². The molecule has 134 valence electrons. The van der Waals surface area contributed by atoms with Gasteiger partial charge < -0.3 is 10.6 Å². The number of anilines is 4. The number of benzene rings is 2. The Morgan fingerprint density at radius 1 is 0.885 bits per heavy atom. The van der Waals surface area contributed by atoms with E-state index in [9.17, 15) is 13.2 Å². The number of aryl methyl sites for hydroxylation is 2. The smallest absolute Gasteiger partial charge is 0.339 e. The number of nitrogens with one attached hydrogen (secondary N) is 2. The average molecular weight is 359 g/mol. The zero-order valence-corrected chi connectivity index (χ0v) is 14.1. The summed E-state index contributed by atoms with van der Waals surface area (Å²) in [6, 6.07) is 10.6. The van der Waals surface area contributed by atoms with E-state index in [0.717, 1.165) is 28.9 Å². The Morgan fingerprint density at radius 3 is 2.15 bits per heavy atom. The minimum absolute atomic E-state index is 0.291. The Labute approximate surface area is 148 Å². The van der Waals surface area contributed by atoms with Crippen molar-refractivity contribution >= 4 is 23.1 Å². The molecule has 26 heavy (non-hydrogen) atoms. The van der Waals surface area contributed by atoms with Crippen LogP contribution in [0.4, 0.5) is 36.3 Å². The number of nitrogens with zero attached hydrogens (tertiary/aromatic N) is 3. The van der Waals surface area contributed by atoms with Crippen LogP contribution in [0.15, 0.2) is 48.7 Å². The fraction of sp³-hybridized carbons (Fsp3) is 0.167. The van der Waals surface area contributed by atoms with Crippen molar-refractivity contribution in [2.75, 3.05) is 10.6 Å². The van der Waals surface area contributed by atoms with Crippen molar-refractivity contribution in [2.24, 2.45) is 0 Å². The lowest BCUT2D eigenvalue weighted by molar-refractivity contribution is -0.137. The number of halogens is 3. The van der Waals surface area contributed by atoms with E-state index in [-0.39, 0.29) is 0 Å². The molecule has 0 aliphatic carbocycles. The van der Waals surface area contributed by atoms with Crippen LogP contribution in [-0.4, -0.2) is 15.2 Å². The number of rotatable bonds is 4. The Morgan fingerprint density at radius 2 is 1.54 bits per heavy atom. The second-order valence-corrected chi connectivity index (χ2v) is 5.76. The van der Waals surface area contributed by atoms with E-state index in [0.29, 0.717) is 17.5 Å². The standard InChI is InChI=1S/C18H16F3N5/c1-11-4-3-5-12(2)16(11)25-17-24-15(10-22-26-17)23-14-8-6-13(7-9-14)18(19,20)21/h3-10H,1-2H3,(H2,23,24,25,26). The first kappa shape index (κ1) is 17.7. The summed E-state index contributed by atoms with van der Waals surface area (Å²) in [6.07, 6.45) is -2.97. The van der Waals surface area contributed by atoms with Gasteiger partial charge in [0.15, 0.2) is 5.82 Å². The minimum Gasteiger partial charge on any atom is -0.339 e. The third-order valence-corrected chi connectivity index (χ3v) is 3.76. The maximum Gasteiger partial charge on any atom is 0.416 e.